The Kier molecular flexibility index (Phi) is 7.95. The lowest BCUT2D eigenvalue weighted by Crippen LogP contribution is -2.47. The van der Waals surface area contributed by atoms with Crippen molar-refractivity contribution in [1.29, 1.82) is 0 Å². The van der Waals surface area contributed by atoms with Crippen molar-refractivity contribution in [2.75, 3.05) is 39.3 Å². The number of phenolic OH excluding ortho intramolecular Hbond substituents is 1. The molecule has 1 amide bonds. The van der Waals surface area contributed by atoms with Gasteiger partial charge in [-0.2, -0.15) is 0 Å². The van der Waals surface area contributed by atoms with E-state index in [2.05, 4.69) is 4.90 Å². The minimum atomic E-state index is -0.348. The van der Waals surface area contributed by atoms with Crippen LogP contribution in [-0.2, 0) is 6.54 Å². The predicted octanol–water partition coefficient (Wildman–Crippen LogP) is 4.87. The number of piperidine rings is 1. The van der Waals surface area contributed by atoms with E-state index < -0.39 is 0 Å². The number of hydrogen-bond acceptors (Lipinski definition) is 6. The second-order valence-corrected chi connectivity index (χ2v) is 8.71. The van der Waals surface area contributed by atoms with Crippen molar-refractivity contribution < 1.29 is 28.5 Å². The first-order valence-electron chi connectivity index (χ1n) is 11.8. The van der Waals surface area contributed by atoms with Crippen LogP contribution in [0.15, 0.2) is 60.7 Å². The molecule has 0 spiro atoms. The molecular weight excluding hydrogens is 463 g/mol. The van der Waals surface area contributed by atoms with Crippen LogP contribution >= 0.6 is 0 Å². The average Bonchev–Trinajstić information content (AvgIpc) is 2.91. The number of rotatable bonds is 8. The molecule has 1 N–H and O–H groups in total. The van der Waals surface area contributed by atoms with Gasteiger partial charge in [0.05, 0.1) is 26.9 Å². The lowest BCUT2D eigenvalue weighted by atomic mass is 9.99. The standard InChI is InChI=1S/C28H31FN2O5/c1-34-23-10-4-19(5-11-23)28(33)31(21-8-6-20(29)7-9-21)22-12-14-30(15-13-22)18-25-26(32)16-24(35-2)17-27(25)36-3/h4-11,16-17,22,32H,12-15,18H2,1-3H3. The second kappa shape index (κ2) is 11.3. The Morgan fingerprint density at radius 2 is 1.58 bits per heavy atom. The van der Waals surface area contributed by atoms with Gasteiger partial charge in [0.25, 0.3) is 5.91 Å². The van der Waals surface area contributed by atoms with Gasteiger partial charge in [-0.3, -0.25) is 9.69 Å². The molecule has 36 heavy (non-hydrogen) atoms. The number of ether oxygens (including phenoxy) is 3. The van der Waals surface area contributed by atoms with Crippen LogP contribution in [0.2, 0.25) is 0 Å². The number of anilines is 1. The quantitative estimate of drug-likeness (QED) is 0.482. The van der Waals surface area contributed by atoms with Gasteiger partial charge in [-0.25, -0.2) is 4.39 Å². The van der Waals surface area contributed by atoms with Gasteiger partial charge in [-0.05, 0) is 61.4 Å². The molecule has 8 heteroatoms. The van der Waals surface area contributed by atoms with Gasteiger partial charge in [0.1, 0.15) is 28.8 Å². The lowest BCUT2D eigenvalue weighted by Gasteiger charge is -2.39. The highest BCUT2D eigenvalue weighted by molar-refractivity contribution is 6.06. The molecule has 0 aromatic heterocycles. The Balaban J connectivity index is 1.52. The molecule has 7 nitrogen and oxygen atoms in total. The number of methoxy groups -OCH3 is 3. The van der Waals surface area contributed by atoms with Crippen molar-refractivity contribution in [3.63, 3.8) is 0 Å². The van der Waals surface area contributed by atoms with Gasteiger partial charge in [-0.15, -0.1) is 0 Å². The van der Waals surface area contributed by atoms with Crippen LogP contribution in [-0.4, -0.2) is 56.4 Å². The van der Waals surface area contributed by atoms with E-state index in [9.17, 15) is 14.3 Å². The number of benzene rings is 3. The maximum Gasteiger partial charge on any atom is 0.258 e. The number of aromatic hydroxyl groups is 1. The molecule has 3 aromatic rings. The first kappa shape index (κ1) is 25.3. The number of likely N-dealkylation sites (tertiary alicyclic amines) is 1. The van der Waals surface area contributed by atoms with E-state index >= 15 is 0 Å². The van der Waals surface area contributed by atoms with E-state index in [0.717, 1.165) is 12.8 Å². The minimum Gasteiger partial charge on any atom is -0.507 e. The summed E-state index contributed by atoms with van der Waals surface area (Å²) in [5.41, 5.74) is 1.89. The molecule has 1 heterocycles. The van der Waals surface area contributed by atoms with Crippen molar-refractivity contribution in [2.24, 2.45) is 0 Å². The summed E-state index contributed by atoms with van der Waals surface area (Å²) in [7, 11) is 4.69. The average molecular weight is 495 g/mol. The summed E-state index contributed by atoms with van der Waals surface area (Å²) in [5.74, 6) is 1.40. The number of carbonyl (C=O) groups excluding carboxylic acids is 1. The van der Waals surface area contributed by atoms with Gasteiger partial charge >= 0.3 is 0 Å². The molecule has 1 aliphatic heterocycles. The number of halogens is 1. The van der Waals surface area contributed by atoms with Crippen LogP contribution in [0.3, 0.4) is 0 Å². The molecule has 1 aliphatic rings. The Bertz CT molecular complexity index is 1180. The first-order chi connectivity index (χ1) is 17.4. The number of hydrogen-bond donors (Lipinski definition) is 1. The predicted molar refractivity (Wildman–Crippen MR) is 136 cm³/mol. The van der Waals surface area contributed by atoms with Crippen LogP contribution in [0.4, 0.5) is 10.1 Å². The number of carbonyl (C=O) groups is 1. The fraction of sp³-hybridized carbons (Fsp3) is 0.321. The van der Waals surface area contributed by atoms with Crippen molar-refractivity contribution in [3.05, 3.63) is 77.6 Å². The van der Waals surface area contributed by atoms with E-state index in [1.165, 1.54) is 12.1 Å². The molecule has 0 aliphatic carbocycles. The highest BCUT2D eigenvalue weighted by Crippen LogP contribution is 2.35. The largest absolute Gasteiger partial charge is 0.507 e. The fourth-order valence-electron chi connectivity index (χ4n) is 4.59. The normalized spacial score (nSPS) is 14.3. The lowest BCUT2D eigenvalue weighted by molar-refractivity contribution is 0.0958. The third kappa shape index (κ3) is 5.54. The van der Waals surface area contributed by atoms with Crippen LogP contribution in [0.5, 0.6) is 23.0 Å². The zero-order valence-corrected chi connectivity index (χ0v) is 20.7. The highest BCUT2D eigenvalue weighted by atomic mass is 19.1. The molecule has 0 saturated carbocycles. The number of nitrogens with zero attached hydrogens (tertiary/aromatic N) is 2. The van der Waals surface area contributed by atoms with Gasteiger partial charge in [0.2, 0.25) is 0 Å². The van der Waals surface area contributed by atoms with Crippen LogP contribution < -0.4 is 19.1 Å². The van der Waals surface area contributed by atoms with E-state index in [4.69, 9.17) is 14.2 Å². The van der Waals surface area contributed by atoms with E-state index in [1.807, 2.05) is 0 Å². The van der Waals surface area contributed by atoms with Gasteiger partial charge in [0.15, 0.2) is 0 Å². The van der Waals surface area contributed by atoms with Crippen molar-refractivity contribution >= 4 is 11.6 Å². The molecule has 0 bridgehead atoms. The van der Waals surface area contributed by atoms with Gasteiger partial charge < -0.3 is 24.2 Å². The van der Waals surface area contributed by atoms with Crippen LogP contribution in [0.1, 0.15) is 28.8 Å². The molecular formula is C28H31FN2O5. The highest BCUT2D eigenvalue weighted by Gasteiger charge is 2.30. The Morgan fingerprint density at radius 3 is 2.17 bits per heavy atom. The number of amides is 1. The maximum atomic E-state index is 13.6. The summed E-state index contributed by atoms with van der Waals surface area (Å²) in [6.45, 7) is 1.94. The summed E-state index contributed by atoms with van der Waals surface area (Å²) >= 11 is 0. The Hall–Kier alpha value is -3.78. The third-order valence-corrected chi connectivity index (χ3v) is 6.58. The summed E-state index contributed by atoms with van der Waals surface area (Å²) in [5, 5.41) is 10.5. The smallest absolute Gasteiger partial charge is 0.258 e. The minimum absolute atomic E-state index is 0.0623. The first-order valence-corrected chi connectivity index (χ1v) is 11.8. The summed E-state index contributed by atoms with van der Waals surface area (Å²) in [4.78, 5) is 17.6. The fourth-order valence-corrected chi connectivity index (χ4v) is 4.59. The summed E-state index contributed by atoms with van der Waals surface area (Å²) in [6.07, 6.45) is 1.44. The molecule has 190 valence electrons. The molecule has 0 atom stereocenters. The number of phenols is 1. The third-order valence-electron chi connectivity index (χ3n) is 6.58. The van der Waals surface area contributed by atoms with Crippen molar-refractivity contribution in [1.82, 2.24) is 4.90 Å². The maximum absolute atomic E-state index is 13.6. The molecule has 0 unspecified atom stereocenters. The summed E-state index contributed by atoms with van der Waals surface area (Å²) in [6, 6.07) is 16.3. The van der Waals surface area contributed by atoms with E-state index in [-0.39, 0.29) is 23.5 Å². The van der Waals surface area contributed by atoms with Crippen LogP contribution in [0.25, 0.3) is 0 Å². The van der Waals surface area contributed by atoms with Crippen molar-refractivity contribution in [3.8, 4) is 23.0 Å². The molecule has 4 rings (SSSR count). The SMILES string of the molecule is COc1ccc(C(=O)N(c2ccc(F)cc2)C2CCN(Cc3c(O)cc(OC)cc3OC)CC2)cc1. The van der Waals surface area contributed by atoms with Gasteiger partial charge in [0, 0.05) is 49.1 Å². The molecule has 1 saturated heterocycles. The second-order valence-electron chi connectivity index (χ2n) is 8.71. The van der Waals surface area contributed by atoms with Crippen molar-refractivity contribution in [2.45, 2.75) is 25.4 Å². The zero-order valence-electron chi connectivity index (χ0n) is 20.7. The summed E-state index contributed by atoms with van der Waals surface area (Å²) < 4.78 is 29.6. The topological polar surface area (TPSA) is 71.5 Å². The Labute approximate surface area is 210 Å². The Morgan fingerprint density at radius 1 is 0.944 bits per heavy atom. The van der Waals surface area contributed by atoms with E-state index in [0.29, 0.717) is 53.7 Å². The monoisotopic (exact) mass is 494 g/mol. The molecule has 0 radical (unpaired) electrons. The van der Waals surface area contributed by atoms with E-state index in [1.54, 1.807) is 74.8 Å². The van der Waals surface area contributed by atoms with Gasteiger partial charge in [-0.1, -0.05) is 0 Å². The zero-order chi connectivity index (χ0) is 25.7. The molecule has 1 fully saturated rings. The van der Waals surface area contributed by atoms with Crippen LogP contribution in [0, 0.1) is 5.82 Å². The molecule has 3 aromatic carbocycles.